The van der Waals surface area contributed by atoms with E-state index in [4.69, 9.17) is 0 Å². The quantitative estimate of drug-likeness (QED) is 0.318. The van der Waals surface area contributed by atoms with Gasteiger partial charge in [0.15, 0.2) is 0 Å². The van der Waals surface area contributed by atoms with Crippen LogP contribution in [0.5, 0.6) is 0 Å². The highest BCUT2D eigenvalue weighted by Crippen LogP contribution is 2.68. The van der Waals surface area contributed by atoms with E-state index in [1.165, 1.54) is 56.9 Å². The number of hydrogen-bond acceptors (Lipinski definition) is 2. The molecule has 4 aliphatic carbocycles. The zero-order valence-electron chi connectivity index (χ0n) is 21.0. The number of halogens is 1. The van der Waals surface area contributed by atoms with Crippen LogP contribution < -0.4 is 10.0 Å². The highest BCUT2D eigenvalue weighted by molar-refractivity contribution is 7.98. The number of carbonyl (C=O) groups excluding carboxylic acids is 1. The Hall–Kier alpha value is -1.23. The van der Waals surface area contributed by atoms with Gasteiger partial charge >= 0.3 is 6.03 Å². The van der Waals surface area contributed by atoms with E-state index in [0.29, 0.717) is 11.3 Å². The molecule has 1 aromatic rings. The molecule has 8 atom stereocenters. The Morgan fingerprint density at radius 2 is 1.74 bits per heavy atom. The Morgan fingerprint density at radius 3 is 2.56 bits per heavy atom. The molecular weight excluding hydrogens is 443 g/mol. The Labute approximate surface area is 209 Å². The average molecular weight is 487 g/mol. The third-order valence-corrected chi connectivity index (χ3v) is 11.6. The molecule has 2 N–H and O–H groups in total. The van der Waals surface area contributed by atoms with Gasteiger partial charge in [-0.25, -0.2) is 9.18 Å². The van der Waals surface area contributed by atoms with Crippen LogP contribution in [0.15, 0.2) is 35.2 Å². The number of carbonyl (C=O) groups is 1. The third-order valence-electron chi connectivity index (χ3n) is 10.8. The zero-order chi connectivity index (χ0) is 23.8. The van der Waals surface area contributed by atoms with Gasteiger partial charge in [0.05, 0.1) is 0 Å². The van der Waals surface area contributed by atoms with Crippen molar-refractivity contribution in [1.29, 1.82) is 0 Å². The Morgan fingerprint density at radius 1 is 0.971 bits per heavy atom. The second kappa shape index (κ2) is 10.0. The fourth-order valence-corrected chi connectivity index (χ4v) is 9.67. The second-order valence-electron chi connectivity index (χ2n) is 12.2. The smallest absolute Gasteiger partial charge is 0.325 e. The van der Waals surface area contributed by atoms with Gasteiger partial charge in [-0.3, -0.25) is 4.72 Å². The van der Waals surface area contributed by atoms with E-state index in [1.807, 2.05) is 30.3 Å². The number of rotatable bonds is 6. The number of alkyl halides is 1. The SMILES string of the molecule is CC12CCC3C(CCC4C(F)CCCC43C)C1CCC2CCCNC(=O)NSc1ccccc1. The Kier molecular flexibility index (Phi) is 7.21. The molecule has 4 aliphatic rings. The first kappa shape index (κ1) is 24.5. The van der Waals surface area contributed by atoms with Gasteiger partial charge in [0.2, 0.25) is 0 Å². The lowest BCUT2D eigenvalue weighted by Crippen LogP contribution is -2.54. The summed E-state index contributed by atoms with van der Waals surface area (Å²) in [4.78, 5) is 13.2. The lowest BCUT2D eigenvalue weighted by molar-refractivity contribution is -0.130. The molecule has 188 valence electrons. The van der Waals surface area contributed by atoms with Gasteiger partial charge in [-0.1, -0.05) is 32.0 Å². The minimum atomic E-state index is -0.555. The summed E-state index contributed by atoms with van der Waals surface area (Å²) in [5.41, 5.74) is 0.689. The van der Waals surface area contributed by atoms with E-state index in [0.717, 1.165) is 60.8 Å². The molecule has 5 heteroatoms. The van der Waals surface area contributed by atoms with Crippen LogP contribution >= 0.6 is 11.9 Å². The van der Waals surface area contributed by atoms with Gasteiger partial charge in [0.1, 0.15) is 6.17 Å². The van der Waals surface area contributed by atoms with Crippen LogP contribution in [0.4, 0.5) is 9.18 Å². The van der Waals surface area contributed by atoms with Crippen LogP contribution in [0.2, 0.25) is 0 Å². The fraction of sp³-hybridized carbons (Fsp3) is 0.759. The van der Waals surface area contributed by atoms with E-state index in [2.05, 4.69) is 23.9 Å². The summed E-state index contributed by atoms with van der Waals surface area (Å²) in [7, 11) is 0. The zero-order valence-corrected chi connectivity index (χ0v) is 21.8. The van der Waals surface area contributed by atoms with Crippen molar-refractivity contribution in [2.45, 2.75) is 95.5 Å². The molecule has 0 spiro atoms. The molecule has 0 bridgehead atoms. The standard InChI is InChI=1S/C29H43FN2OS/c1-28-18-16-24-22(13-15-25-26(30)11-6-17-29(24,25)2)23(28)14-12-20(28)8-7-19-31-27(33)32-34-21-9-4-3-5-10-21/h3-5,9-10,20,22-26H,6-8,11-19H2,1-2H3,(H2,31,32,33). The molecule has 5 rings (SSSR count). The number of amides is 2. The van der Waals surface area contributed by atoms with Crippen LogP contribution in [0.3, 0.4) is 0 Å². The van der Waals surface area contributed by atoms with E-state index in [1.54, 1.807) is 0 Å². The number of nitrogens with one attached hydrogen (secondary N) is 2. The maximum absolute atomic E-state index is 14.9. The van der Waals surface area contributed by atoms with E-state index < -0.39 is 6.17 Å². The Balaban J connectivity index is 1.11. The second-order valence-corrected chi connectivity index (χ2v) is 13.1. The largest absolute Gasteiger partial charge is 0.337 e. The molecule has 1 aromatic carbocycles. The van der Waals surface area contributed by atoms with Gasteiger partial charge in [-0.2, -0.15) is 0 Å². The van der Waals surface area contributed by atoms with Crippen molar-refractivity contribution in [3.8, 4) is 0 Å². The molecule has 2 amide bonds. The number of hydrogen-bond donors (Lipinski definition) is 2. The number of urea groups is 1. The van der Waals surface area contributed by atoms with Crippen molar-refractivity contribution < 1.29 is 9.18 Å². The summed E-state index contributed by atoms with van der Waals surface area (Å²) in [5.74, 6) is 3.48. The monoisotopic (exact) mass is 486 g/mol. The minimum Gasteiger partial charge on any atom is -0.337 e. The molecule has 0 aliphatic heterocycles. The highest BCUT2D eigenvalue weighted by atomic mass is 32.2. The molecule has 0 aromatic heterocycles. The van der Waals surface area contributed by atoms with Gasteiger partial charge in [-0.05, 0) is 135 Å². The van der Waals surface area contributed by atoms with Gasteiger partial charge in [0.25, 0.3) is 0 Å². The first-order chi connectivity index (χ1) is 16.4. The summed E-state index contributed by atoms with van der Waals surface area (Å²) < 4.78 is 17.7. The predicted molar refractivity (Wildman–Crippen MR) is 138 cm³/mol. The molecule has 3 nitrogen and oxygen atoms in total. The third kappa shape index (κ3) is 4.51. The van der Waals surface area contributed by atoms with Crippen LogP contribution in [0.1, 0.15) is 84.5 Å². The molecule has 0 saturated heterocycles. The van der Waals surface area contributed by atoms with Crippen molar-refractivity contribution in [2.75, 3.05) is 6.54 Å². The molecule has 4 saturated carbocycles. The fourth-order valence-electron chi connectivity index (χ4n) is 9.09. The topological polar surface area (TPSA) is 41.1 Å². The maximum Gasteiger partial charge on any atom is 0.325 e. The Bertz CT molecular complexity index is 852. The van der Waals surface area contributed by atoms with E-state index in [9.17, 15) is 9.18 Å². The summed E-state index contributed by atoms with van der Waals surface area (Å²) in [6, 6.07) is 9.81. The summed E-state index contributed by atoms with van der Waals surface area (Å²) in [6.07, 6.45) is 12.6. The molecule has 4 fully saturated rings. The molecule has 0 radical (unpaired) electrons. The number of fused-ring (bicyclic) bond motifs is 5. The summed E-state index contributed by atoms with van der Waals surface area (Å²) in [5, 5.41) is 3.04. The lowest BCUT2D eigenvalue weighted by Gasteiger charge is -2.61. The van der Waals surface area contributed by atoms with Crippen molar-refractivity contribution in [1.82, 2.24) is 10.0 Å². The molecule has 8 unspecified atom stereocenters. The molecular formula is C29H43FN2OS. The van der Waals surface area contributed by atoms with E-state index >= 15 is 0 Å². The van der Waals surface area contributed by atoms with Crippen molar-refractivity contribution in [2.24, 2.45) is 40.4 Å². The molecule has 0 heterocycles. The summed E-state index contributed by atoms with van der Waals surface area (Å²) in [6.45, 7) is 5.78. The normalized spacial score (nSPS) is 41.1. The highest BCUT2D eigenvalue weighted by Gasteiger charge is 2.60. The van der Waals surface area contributed by atoms with E-state index in [-0.39, 0.29) is 11.4 Å². The average Bonchev–Trinajstić information content (AvgIpc) is 3.17. The van der Waals surface area contributed by atoms with Gasteiger partial charge in [-0.15, -0.1) is 0 Å². The van der Waals surface area contributed by atoms with Crippen LogP contribution in [-0.2, 0) is 0 Å². The lowest BCUT2D eigenvalue weighted by atomic mass is 9.44. The van der Waals surface area contributed by atoms with Crippen LogP contribution in [0, 0.1) is 40.4 Å². The first-order valence-electron chi connectivity index (χ1n) is 13.8. The van der Waals surface area contributed by atoms with Crippen molar-refractivity contribution in [3.05, 3.63) is 30.3 Å². The first-order valence-corrected chi connectivity index (χ1v) is 14.6. The summed E-state index contributed by atoms with van der Waals surface area (Å²) >= 11 is 1.36. The van der Waals surface area contributed by atoms with Crippen LogP contribution in [-0.4, -0.2) is 18.7 Å². The molecule has 34 heavy (non-hydrogen) atoms. The maximum atomic E-state index is 14.9. The van der Waals surface area contributed by atoms with Crippen LogP contribution in [0.25, 0.3) is 0 Å². The predicted octanol–water partition coefficient (Wildman–Crippen LogP) is 7.77. The number of benzene rings is 1. The van der Waals surface area contributed by atoms with Gasteiger partial charge < -0.3 is 5.32 Å². The minimum absolute atomic E-state index is 0.103. The van der Waals surface area contributed by atoms with Crippen molar-refractivity contribution >= 4 is 18.0 Å². The van der Waals surface area contributed by atoms with Crippen molar-refractivity contribution in [3.63, 3.8) is 0 Å². The van der Waals surface area contributed by atoms with Gasteiger partial charge in [0, 0.05) is 11.4 Å².